The van der Waals surface area contributed by atoms with Crippen LogP contribution in [0.5, 0.6) is 0 Å². The van der Waals surface area contributed by atoms with Gasteiger partial charge in [0.05, 0.1) is 11.7 Å². The van der Waals surface area contributed by atoms with Crippen LogP contribution in [0, 0.1) is 6.92 Å². The molecule has 2 aromatic carbocycles. The van der Waals surface area contributed by atoms with Crippen molar-refractivity contribution in [1.29, 1.82) is 0 Å². The highest BCUT2D eigenvalue weighted by molar-refractivity contribution is 7.98. The summed E-state index contributed by atoms with van der Waals surface area (Å²) in [7, 11) is 0. The molecule has 1 heterocycles. The monoisotopic (exact) mass is 326 g/mol. The van der Waals surface area contributed by atoms with Crippen LogP contribution in [0.15, 0.2) is 53.4 Å². The minimum absolute atomic E-state index is 0.00254. The van der Waals surface area contributed by atoms with Crippen LogP contribution in [-0.2, 0) is 0 Å². The molecule has 1 fully saturated rings. The Morgan fingerprint density at radius 2 is 1.91 bits per heavy atom. The lowest BCUT2D eigenvalue weighted by Gasteiger charge is -2.27. The molecule has 0 spiro atoms. The number of rotatable bonds is 3. The zero-order chi connectivity index (χ0) is 16.2. The van der Waals surface area contributed by atoms with E-state index in [0.29, 0.717) is 0 Å². The fraction of sp³-hybridized carbons (Fsp3) is 0.316. The zero-order valence-electron chi connectivity index (χ0n) is 13.6. The predicted molar refractivity (Wildman–Crippen MR) is 97.1 cm³/mol. The summed E-state index contributed by atoms with van der Waals surface area (Å²) >= 11 is 1.65. The number of hydrogen-bond acceptors (Lipinski definition) is 2. The number of amides is 2. The van der Waals surface area contributed by atoms with Gasteiger partial charge in [-0.05, 0) is 49.3 Å². The molecular weight excluding hydrogens is 304 g/mol. The Morgan fingerprint density at radius 1 is 1.17 bits per heavy atom. The van der Waals surface area contributed by atoms with Crippen molar-refractivity contribution in [2.75, 3.05) is 18.1 Å². The summed E-state index contributed by atoms with van der Waals surface area (Å²) in [6.45, 7) is 2.93. The van der Waals surface area contributed by atoms with Crippen LogP contribution in [0.3, 0.4) is 0 Å². The first-order valence-corrected chi connectivity index (χ1v) is 9.19. The van der Waals surface area contributed by atoms with Crippen LogP contribution >= 0.6 is 11.8 Å². The highest BCUT2D eigenvalue weighted by atomic mass is 32.2. The summed E-state index contributed by atoms with van der Waals surface area (Å²) < 4.78 is 0. The van der Waals surface area contributed by atoms with Crippen molar-refractivity contribution in [2.24, 2.45) is 0 Å². The third-order valence-corrected chi connectivity index (χ3v) is 5.21. The number of urea groups is 1. The van der Waals surface area contributed by atoms with E-state index < -0.39 is 0 Å². The van der Waals surface area contributed by atoms with Crippen molar-refractivity contribution >= 4 is 23.5 Å². The van der Waals surface area contributed by atoms with Gasteiger partial charge in [-0.2, -0.15) is 0 Å². The second kappa shape index (κ2) is 7.09. The van der Waals surface area contributed by atoms with Crippen molar-refractivity contribution < 1.29 is 4.79 Å². The minimum atomic E-state index is -0.00254. The molecule has 4 heteroatoms. The maximum absolute atomic E-state index is 12.8. The summed E-state index contributed by atoms with van der Waals surface area (Å²) in [4.78, 5) is 15.8. The van der Waals surface area contributed by atoms with Crippen molar-refractivity contribution in [2.45, 2.75) is 30.7 Å². The van der Waals surface area contributed by atoms with Gasteiger partial charge in [0.15, 0.2) is 0 Å². The predicted octanol–water partition coefficient (Wildman–Crippen LogP) is 5.09. The van der Waals surface area contributed by atoms with E-state index in [2.05, 4.69) is 30.4 Å². The van der Waals surface area contributed by atoms with Gasteiger partial charge in [0.2, 0.25) is 0 Å². The summed E-state index contributed by atoms with van der Waals surface area (Å²) in [5.41, 5.74) is 3.40. The number of anilines is 1. The molecule has 1 N–H and O–H groups in total. The molecule has 0 aliphatic carbocycles. The number of nitrogens with zero attached hydrogens (tertiary/aromatic N) is 1. The van der Waals surface area contributed by atoms with Gasteiger partial charge in [0.1, 0.15) is 0 Å². The number of thioether (sulfide) groups is 1. The topological polar surface area (TPSA) is 32.3 Å². The Kier molecular flexibility index (Phi) is 4.91. The van der Waals surface area contributed by atoms with Gasteiger partial charge in [-0.3, -0.25) is 0 Å². The van der Waals surface area contributed by atoms with E-state index in [4.69, 9.17) is 0 Å². The fourth-order valence-corrected chi connectivity index (χ4v) is 3.78. The van der Waals surface area contributed by atoms with E-state index in [1.807, 2.05) is 41.5 Å². The van der Waals surface area contributed by atoms with Gasteiger partial charge in [-0.25, -0.2) is 4.79 Å². The van der Waals surface area contributed by atoms with E-state index in [1.54, 1.807) is 11.8 Å². The first kappa shape index (κ1) is 15.9. The van der Waals surface area contributed by atoms with Gasteiger partial charge in [0, 0.05) is 11.4 Å². The summed E-state index contributed by atoms with van der Waals surface area (Å²) in [6.07, 6.45) is 4.11. The standard InChI is InChI=1S/C19H22N2OS/c1-14-8-3-4-9-15(14)17-11-7-13-21(17)19(22)20-16-10-5-6-12-18(16)23-2/h3-6,8-10,12,17H,7,11,13H2,1-2H3,(H,20,22). The van der Waals surface area contributed by atoms with E-state index >= 15 is 0 Å². The molecule has 1 atom stereocenters. The molecule has 1 saturated heterocycles. The van der Waals surface area contributed by atoms with Crippen LogP contribution in [0.1, 0.15) is 30.0 Å². The summed E-state index contributed by atoms with van der Waals surface area (Å²) in [6, 6.07) is 16.5. The van der Waals surface area contributed by atoms with Gasteiger partial charge >= 0.3 is 6.03 Å². The van der Waals surface area contributed by atoms with Crippen molar-refractivity contribution in [1.82, 2.24) is 4.90 Å². The number of carbonyl (C=O) groups is 1. The molecule has 0 radical (unpaired) electrons. The molecule has 3 nitrogen and oxygen atoms in total. The number of benzene rings is 2. The lowest BCUT2D eigenvalue weighted by atomic mass is 9.99. The van der Waals surface area contributed by atoms with Crippen LogP contribution in [0.25, 0.3) is 0 Å². The average Bonchev–Trinajstić information content (AvgIpc) is 3.05. The Labute approximate surface area is 142 Å². The second-order valence-electron chi connectivity index (χ2n) is 5.84. The van der Waals surface area contributed by atoms with Gasteiger partial charge in [0.25, 0.3) is 0 Å². The Balaban J connectivity index is 1.80. The van der Waals surface area contributed by atoms with Gasteiger partial charge < -0.3 is 10.2 Å². The maximum atomic E-state index is 12.8. The first-order valence-electron chi connectivity index (χ1n) is 7.97. The highest BCUT2D eigenvalue weighted by Gasteiger charge is 2.30. The highest BCUT2D eigenvalue weighted by Crippen LogP contribution is 2.34. The fourth-order valence-electron chi connectivity index (χ4n) is 3.23. The third kappa shape index (κ3) is 3.37. The summed E-state index contributed by atoms with van der Waals surface area (Å²) in [5, 5.41) is 3.09. The van der Waals surface area contributed by atoms with E-state index in [9.17, 15) is 4.79 Å². The molecule has 3 rings (SSSR count). The molecular formula is C19H22N2OS. The molecule has 0 aromatic heterocycles. The third-order valence-electron chi connectivity index (χ3n) is 4.41. The van der Waals surface area contributed by atoms with Crippen LogP contribution in [0.2, 0.25) is 0 Å². The smallest absolute Gasteiger partial charge is 0.317 e. The molecule has 120 valence electrons. The molecule has 23 heavy (non-hydrogen) atoms. The number of likely N-dealkylation sites (tertiary alicyclic amines) is 1. The second-order valence-corrected chi connectivity index (χ2v) is 6.69. The van der Waals surface area contributed by atoms with E-state index in [1.165, 1.54) is 11.1 Å². The molecule has 1 aliphatic heterocycles. The molecule has 0 bridgehead atoms. The Morgan fingerprint density at radius 3 is 2.70 bits per heavy atom. The molecule has 1 aliphatic rings. The van der Waals surface area contributed by atoms with E-state index in [0.717, 1.165) is 30.0 Å². The maximum Gasteiger partial charge on any atom is 0.322 e. The molecule has 2 aromatic rings. The van der Waals surface area contributed by atoms with Crippen molar-refractivity contribution in [3.05, 3.63) is 59.7 Å². The number of hydrogen-bond donors (Lipinski definition) is 1. The lowest BCUT2D eigenvalue weighted by molar-refractivity contribution is 0.207. The van der Waals surface area contributed by atoms with Crippen molar-refractivity contribution in [3.63, 3.8) is 0 Å². The average molecular weight is 326 g/mol. The summed E-state index contributed by atoms with van der Waals surface area (Å²) in [5.74, 6) is 0. The van der Waals surface area contributed by atoms with Gasteiger partial charge in [-0.15, -0.1) is 11.8 Å². The minimum Gasteiger partial charge on any atom is -0.317 e. The Bertz CT molecular complexity index is 701. The number of nitrogens with one attached hydrogen (secondary N) is 1. The molecule has 0 saturated carbocycles. The van der Waals surface area contributed by atoms with Crippen molar-refractivity contribution in [3.8, 4) is 0 Å². The molecule has 1 unspecified atom stereocenters. The molecule has 2 amide bonds. The van der Waals surface area contributed by atoms with Crippen LogP contribution in [-0.4, -0.2) is 23.7 Å². The number of para-hydroxylation sites is 1. The number of carbonyl (C=O) groups excluding carboxylic acids is 1. The zero-order valence-corrected chi connectivity index (χ0v) is 14.4. The SMILES string of the molecule is CSc1ccccc1NC(=O)N1CCCC1c1ccccc1C. The van der Waals surface area contributed by atoms with Crippen LogP contribution in [0.4, 0.5) is 10.5 Å². The normalized spacial score (nSPS) is 17.3. The van der Waals surface area contributed by atoms with Gasteiger partial charge in [-0.1, -0.05) is 36.4 Å². The Hall–Kier alpha value is -1.94. The number of aryl methyl sites for hydroxylation is 1. The largest absolute Gasteiger partial charge is 0.322 e. The van der Waals surface area contributed by atoms with E-state index in [-0.39, 0.29) is 12.1 Å². The first-order chi connectivity index (χ1) is 11.2. The quantitative estimate of drug-likeness (QED) is 0.797. The van der Waals surface area contributed by atoms with Crippen LogP contribution < -0.4 is 5.32 Å². The lowest BCUT2D eigenvalue weighted by Crippen LogP contribution is -2.34.